The number of hydrogen-bond donors (Lipinski definition) is 1. The highest BCUT2D eigenvalue weighted by atomic mass is 127. The molecule has 3 nitrogen and oxygen atoms in total. The third-order valence-electron chi connectivity index (χ3n) is 2.56. The Morgan fingerprint density at radius 2 is 1.53 bits per heavy atom. The first-order valence-electron chi connectivity index (χ1n) is 5.43. The fraction of sp³-hybridized carbons (Fsp3) is 0.0769. The molecule has 0 fully saturated rings. The van der Waals surface area contributed by atoms with Gasteiger partial charge in [-0.2, -0.15) is 0 Å². The van der Waals surface area contributed by atoms with Gasteiger partial charge in [-0.1, -0.05) is 0 Å². The number of aryl methyl sites for hydroxylation is 1. The molecule has 6 heteroatoms. The van der Waals surface area contributed by atoms with Crippen molar-refractivity contribution in [1.82, 2.24) is 0 Å². The Bertz CT molecular complexity index is 697. The molecule has 0 atom stereocenters. The Morgan fingerprint density at radius 3 is 2.11 bits per heavy atom. The van der Waals surface area contributed by atoms with Gasteiger partial charge < -0.3 is 0 Å². The molecular weight excluding hydrogens is 488 g/mol. The van der Waals surface area contributed by atoms with E-state index in [2.05, 4.69) is 49.9 Å². The van der Waals surface area contributed by atoms with Crippen LogP contribution in [0.5, 0.6) is 0 Å². The molecule has 19 heavy (non-hydrogen) atoms. The highest BCUT2D eigenvalue weighted by Crippen LogP contribution is 2.22. The zero-order chi connectivity index (χ0) is 14.0. The molecule has 2 rings (SSSR count). The summed E-state index contributed by atoms with van der Waals surface area (Å²) in [5.74, 6) is 0. The lowest BCUT2D eigenvalue weighted by Crippen LogP contribution is -2.13. The van der Waals surface area contributed by atoms with Crippen molar-refractivity contribution in [1.29, 1.82) is 0 Å². The molecule has 0 aromatic heterocycles. The zero-order valence-corrected chi connectivity index (χ0v) is 15.2. The summed E-state index contributed by atoms with van der Waals surface area (Å²) in [5.41, 5.74) is 1.51. The van der Waals surface area contributed by atoms with E-state index in [-0.39, 0.29) is 4.90 Å². The van der Waals surface area contributed by atoms with Gasteiger partial charge in [0.2, 0.25) is 0 Å². The second-order valence-corrected chi connectivity index (χ2v) is 8.19. The van der Waals surface area contributed by atoms with E-state index in [1.54, 1.807) is 30.3 Å². The minimum Gasteiger partial charge on any atom is -0.279 e. The molecule has 100 valence electrons. The summed E-state index contributed by atoms with van der Waals surface area (Å²) in [5, 5.41) is 0. The van der Waals surface area contributed by atoms with Crippen molar-refractivity contribution < 1.29 is 8.42 Å². The van der Waals surface area contributed by atoms with E-state index in [9.17, 15) is 8.42 Å². The predicted octanol–water partition coefficient (Wildman–Crippen LogP) is 4.01. The average Bonchev–Trinajstić information content (AvgIpc) is 2.33. The highest BCUT2D eigenvalue weighted by Gasteiger charge is 2.14. The summed E-state index contributed by atoms with van der Waals surface area (Å²) in [6, 6.07) is 12.3. The van der Waals surface area contributed by atoms with Gasteiger partial charge in [0.1, 0.15) is 0 Å². The summed E-state index contributed by atoms with van der Waals surface area (Å²) in [6.45, 7) is 1.88. The van der Waals surface area contributed by atoms with Crippen LogP contribution >= 0.6 is 45.2 Å². The Labute approximate surface area is 140 Å². The van der Waals surface area contributed by atoms with Crippen LogP contribution in [0.3, 0.4) is 0 Å². The largest absolute Gasteiger partial charge is 0.279 e. The van der Waals surface area contributed by atoms with Gasteiger partial charge >= 0.3 is 0 Å². The molecule has 0 radical (unpaired) electrons. The first-order valence-corrected chi connectivity index (χ1v) is 9.07. The highest BCUT2D eigenvalue weighted by molar-refractivity contribution is 14.1. The number of sulfonamides is 1. The fourth-order valence-electron chi connectivity index (χ4n) is 1.56. The van der Waals surface area contributed by atoms with Crippen molar-refractivity contribution in [3.63, 3.8) is 0 Å². The molecule has 0 spiro atoms. The van der Waals surface area contributed by atoms with E-state index in [0.717, 1.165) is 12.7 Å². The molecule has 0 aliphatic carbocycles. The van der Waals surface area contributed by atoms with E-state index in [1.165, 1.54) is 0 Å². The van der Waals surface area contributed by atoms with Gasteiger partial charge in [0, 0.05) is 7.14 Å². The van der Waals surface area contributed by atoms with Gasteiger partial charge in [-0.25, -0.2) is 8.42 Å². The molecule has 0 saturated carbocycles. The molecular formula is C13H11I2NO2S. The number of halogens is 2. The monoisotopic (exact) mass is 499 g/mol. The summed E-state index contributed by atoms with van der Waals surface area (Å²) < 4.78 is 29.2. The van der Waals surface area contributed by atoms with Crippen LogP contribution in [0, 0.1) is 14.1 Å². The summed E-state index contributed by atoms with van der Waals surface area (Å²) >= 11 is 4.34. The molecule has 0 heterocycles. The number of anilines is 1. The standard InChI is InChI=1S/C13H11I2NO2S/c1-9-8-11(15)4-7-13(9)16-19(17,18)12-5-2-10(14)3-6-12/h2-8,16H,1H3. The lowest BCUT2D eigenvalue weighted by atomic mass is 10.2. The Morgan fingerprint density at radius 1 is 0.947 bits per heavy atom. The fourth-order valence-corrected chi connectivity index (χ4v) is 3.70. The molecule has 0 bridgehead atoms. The third-order valence-corrected chi connectivity index (χ3v) is 5.33. The van der Waals surface area contributed by atoms with Crippen LogP contribution in [0.2, 0.25) is 0 Å². The second-order valence-electron chi connectivity index (χ2n) is 4.02. The minimum atomic E-state index is -3.52. The SMILES string of the molecule is Cc1cc(I)ccc1NS(=O)(=O)c1ccc(I)cc1. The molecule has 0 saturated heterocycles. The maximum Gasteiger partial charge on any atom is 0.261 e. The summed E-state index contributed by atoms with van der Waals surface area (Å²) in [4.78, 5) is 0.269. The Kier molecular flexibility index (Phi) is 4.72. The number of hydrogen-bond acceptors (Lipinski definition) is 2. The molecule has 0 amide bonds. The van der Waals surface area contributed by atoms with Crippen LogP contribution < -0.4 is 4.72 Å². The quantitative estimate of drug-likeness (QED) is 0.650. The van der Waals surface area contributed by atoms with Crippen LogP contribution in [0.25, 0.3) is 0 Å². The van der Waals surface area contributed by atoms with Crippen LogP contribution in [-0.4, -0.2) is 8.42 Å². The van der Waals surface area contributed by atoms with Crippen molar-refractivity contribution >= 4 is 60.9 Å². The van der Waals surface area contributed by atoms with Crippen LogP contribution in [0.1, 0.15) is 5.56 Å². The lowest BCUT2D eigenvalue weighted by molar-refractivity contribution is 0.601. The van der Waals surface area contributed by atoms with Crippen molar-refractivity contribution in [3.05, 3.63) is 55.2 Å². The molecule has 0 aliphatic heterocycles. The average molecular weight is 499 g/mol. The Hall–Kier alpha value is -0.350. The summed E-state index contributed by atoms with van der Waals surface area (Å²) in [6.07, 6.45) is 0. The predicted molar refractivity (Wildman–Crippen MR) is 93.9 cm³/mol. The van der Waals surface area contributed by atoms with E-state index in [1.807, 2.05) is 19.1 Å². The first-order chi connectivity index (χ1) is 8.88. The molecule has 0 aliphatic rings. The molecule has 2 aromatic rings. The zero-order valence-electron chi connectivity index (χ0n) is 10.0. The lowest BCUT2D eigenvalue weighted by Gasteiger charge is -2.11. The Balaban J connectivity index is 2.33. The van der Waals surface area contributed by atoms with E-state index < -0.39 is 10.0 Å². The smallest absolute Gasteiger partial charge is 0.261 e. The topological polar surface area (TPSA) is 46.2 Å². The van der Waals surface area contributed by atoms with E-state index in [4.69, 9.17) is 0 Å². The minimum absolute atomic E-state index is 0.269. The van der Waals surface area contributed by atoms with Gasteiger partial charge in [0.15, 0.2) is 0 Å². The van der Waals surface area contributed by atoms with E-state index in [0.29, 0.717) is 5.69 Å². The van der Waals surface area contributed by atoms with Crippen molar-refractivity contribution in [3.8, 4) is 0 Å². The maximum absolute atomic E-state index is 12.2. The van der Waals surface area contributed by atoms with E-state index >= 15 is 0 Å². The molecule has 0 unspecified atom stereocenters. The first kappa shape index (κ1) is 15.0. The van der Waals surface area contributed by atoms with Gasteiger partial charge in [0.25, 0.3) is 10.0 Å². The van der Waals surface area contributed by atoms with Gasteiger partial charge in [-0.3, -0.25) is 4.72 Å². The van der Waals surface area contributed by atoms with Crippen LogP contribution in [-0.2, 0) is 10.0 Å². The molecule has 1 N–H and O–H groups in total. The molecule has 2 aromatic carbocycles. The number of nitrogens with one attached hydrogen (secondary N) is 1. The van der Waals surface area contributed by atoms with Gasteiger partial charge in [-0.15, -0.1) is 0 Å². The van der Waals surface area contributed by atoms with Gasteiger partial charge in [-0.05, 0) is 100 Å². The number of benzene rings is 2. The second kappa shape index (κ2) is 5.96. The number of rotatable bonds is 3. The van der Waals surface area contributed by atoms with Crippen molar-refractivity contribution in [2.24, 2.45) is 0 Å². The normalized spacial score (nSPS) is 11.3. The van der Waals surface area contributed by atoms with Crippen LogP contribution in [0.4, 0.5) is 5.69 Å². The van der Waals surface area contributed by atoms with Crippen molar-refractivity contribution in [2.45, 2.75) is 11.8 Å². The van der Waals surface area contributed by atoms with Gasteiger partial charge in [0.05, 0.1) is 10.6 Å². The third kappa shape index (κ3) is 3.82. The summed E-state index contributed by atoms with van der Waals surface area (Å²) in [7, 11) is -3.52. The van der Waals surface area contributed by atoms with Crippen molar-refractivity contribution in [2.75, 3.05) is 4.72 Å². The maximum atomic E-state index is 12.2. The van der Waals surface area contributed by atoms with Crippen LogP contribution in [0.15, 0.2) is 47.4 Å².